The topological polar surface area (TPSA) is 118 Å². The predicted octanol–water partition coefficient (Wildman–Crippen LogP) is 5.37. The van der Waals surface area contributed by atoms with E-state index in [1.54, 1.807) is 0 Å². The van der Waals surface area contributed by atoms with Crippen molar-refractivity contribution in [1.82, 2.24) is 10.2 Å². The summed E-state index contributed by atoms with van der Waals surface area (Å²) in [7, 11) is 0. The fourth-order valence-electron chi connectivity index (χ4n) is 5.83. The van der Waals surface area contributed by atoms with Crippen molar-refractivity contribution in [3.63, 3.8) is 0 Å². The minimum absolute atomic E-state index is 0.000629. The third-order valence-corrected chi connectivity index (χ3v) is 8.41. The summed E-state index contributed by atoms with van der Waals surface area (Å²) < 4.78 is 18.6. The van der Waals surface area contributed by atoms with E-state index in [2.05, 4.69) is 46.6 Å². The highest BCUT2D eigenvalue weighted by Crippen LogP contribution is 2.38. The van der Waals surface area contributed by atoms with Gasteiger partial charge in [-0.05, 0) is 46.7 Å². The van der Waals surface area contributed by atoms with Crippen molar-refractivity contribution in [1.29, 1.82) is 0 Å². The molecule has 2 saturated heterocycles. The van der Waals surface area contributed by atoms with Gasteiger partial charge in [0.05, 0.1) is 32.0 Å². The smallest absolute Gasteiger partial charge is 0.303 e. The summed E-state index contributed by atoms with van der Waals surface area (Å²) in [4.78, 5) is 25.3. The number of carboxylic acid groups (broad SMARTS) is 1. The van der Waals surface area contributed by atoms with Crippen molar-refractivity contribution in [2.75, 3.05) is 32.8 Å². The van der Waals surface area contributed by atoms with Gasteiger partial charge in [-0.1, -0.05) is 73.2 Å². The Morgan fingerprint density at radius 1 is 0.822 bits per heavy atom. The first-order valence-corrected chi connectivity index (χ1v) is 16.0. The van der Waals surface area contributed by atoms with E-state index in [9.17, 15) is 14.7 Å². The number of unbranched alkanes of at least 4 members (excludes halogenated alkanes) is 2. The van der Waals surface area contributed by atoms with E-state index in [1.807, 2.05) is 36.4 Å². The summed E-state index contributed by atoms with van der Waals surface area (Å²) in [6, 6.07) is 24.4. The van der Waals surface area contributed by atoms with Crippen LogP contribution in [0, 0.1) is 0 Å². The summed E-state index contributed by atoms with van der Waals surface area (Å²) in [6.07, 6.45) is 2.67. The average molecular weight is 617 g/mol. The van der Waals surface area contributed by atoms with Crippen LogP contribution in [0.3, 0.4) is 0 Å². The van der Waals surface area contributed by atoms with E-state index in [4.69, 9.17) is 19.3 Å². The zero-order chi connectivity index (χ0) is 31.4. The van der Waals surface area contributed by atoms with Gasteiger partial charge >= 0.3 is 5.97 Å². The number of nitrogens with one attached hydrogen (secondary N) is 1. The van der Waals surface area contributed by atoms with Crippen LogP contribution < -0.4 is 5.32 Å². The number of aliphatic hydroxyl groups is 1. The lowest BCUT2D eigenvalue weighted by Crippen LogP contribution is -2.44. The lowest BCUT2D eigenvalue weighted by molar-refractivity contribution is -0.253. The molecule has 9 nitrogen and oxygen atoms in total. The molecule has 45 heavy (non-hydrogen) atoms. The summed E-state index contributed by atoms with van der Waals surface area (Å²) in [5.41, 5.74) is 6.03. The maximum absolute atomic E-state index is 12.3. The number of aliphatic hydroxyl groups excluding tert-OH is 1. The monoisotopic (exact) mass is 616 g/mol. The maximum atomic E-state index is 12.3. The highest BCUT2D eigenvalue weighted by Gasteiger charge is 2.33. The molecule has 0 radical (unpaired) electrons. The molecule has 0 aliphatic carbocycles. The minimum Gasteiger partial charge on any atom is -0.481 e. The second-order valence-electron chi connectivity index (χ2n) is 11.8. The number of amides is 1. The first-order chi connectivity index (χ1) is 22.0. The first kappa shape index (κ1) is 32.8. The van der Waals surface area contributed by atoms with E-state index in [1.165, 1.54) is 0 Å². The van der Waals surface area contributed by atoms with Crippen LogP contribution in [0.4, 0.5) is 0 Å². The molecular weight excluding hydrogens is 572 g/mol. The van der Waals surface area contributed by atoms with Crippen LogP contribution in [0.15, 0.2) is 72.8 Å². The van der Waals surface area contributed by atoms with Crippen molar-refractivity contribution in [2.45, 2.75) is 70.2 Å². The molecule has 3 aromatic rings. The van der Waals surface area contributed by atoms with Gasteiger partial charge in [0.2, 0.25) is 5.91 Å². The van der Waals surface area contributed by atoms with Gasteiger partial charge in [0.25, 0.3) is 0 Å². The highest BCUT2D eigenvalue weighted by molar-refractivity contribution is 5.76. The van der Waals surface area contributed by atoms with Crippen LogP contribution in [-0.4, -0.2) is 65.9 Å². The van der Waals surface area contributed by atoms with Crippen LogP contribution in [0.25, 0.3) is 11.1 Å². The Morgan fingerprint density at radius 2 is 1.56 bits per heavy atom. The molecular formula is C36H44N2O7. The number of carbonyl (C=O) groups excluding carboxylic acids is 1. The molecule has 0 bridgehead atoms. The van der Waals surface area contributed by atoms with Gasteiger partial charge in [0, 0.05) is 51.0 Å². The highest BCUT2D eigenvalue weighted by atomic mass is 16.7. The number of hydrogen-bond acceptors (Lipinski definition) is 7. The third kappa shape index (κ3) is 9.94. The molecule has 2 heterocycles. The number of carbonyl (C=O) groups is 2. The zero-order valence-corrected chi connectivity index (χ0v) is 25.7. The number of aliphatic carboxylic acids is 1. The molecule has 5 rings (SSSR count). The number of benzene rings is 3. The van der Waals surface area contributed by atoms with Crippen molar-refractivity contribution in [2.24, 2.45) is 0 Å². The van der Waals surface area contributed by atoms with Crippen molar-refractivity contribution < 1.29 is 34.0 Å². The van der Waals surface area contributed by atoms with Gasteiger partial charge in [-0.2, -0.15) is 0 Å². The Kier molecular flexibility index (Phi) is 12.1. The number of ether oxygens (including phenoxy) is 3. The molecule has 3 N–H and O–H groups in total. The van der Waals surface area contributed by atoms with Gasteiger partial charge in [-0.15, -0.1) is 0 Å². The molecule has 0 spiro atoms. The second kappa shape index (κ2) is 16.6. The second-order valence-corrected chi connectivity index (χ2v) is 11.8. The molecule has 3 aromatic carbocycles. The Labute approximate surface area is 265 Å². The fourth-order valence-corrected chi connectivity index (χ4v) is 5.83. The number of carboxylic acids is 1. The number of morpholine rings is 1. The van der Waals surface area contributed by atoms with Crippen molar-refractivity contribution in [3.8, 4) is 11.1 Å². The van der Waals surface area contributed by atoms with Gasteiger partial charge in [0.1, 0.15) is 0 Å². The van der Waals surface area contributed by atoms with Crippen LogP contribution in [0.5, 0.6) is 0 Å². The summed E-state index contributed by atoms with van der Waals surface area (Å²) in [5, 5.41) is 21.2. The molecule has 3 unspecified atom stereocenters. The zero-order valence-electron chi connectivity index (χ0n) is 25.7. The number of nitrogens with zero attached hydrogens (tertiary/aromatic N) is 1. The normalized spacial score (nSPS) is 20.5. The van der Waals surface area contributed by atoms with Gasteiger partial charge < -0.3 is 29.7 Å². The van der Waals surface area contributed by atoms with E-state index in [-0.39, 0.29) is 31.1 Å². The van der Waals surface area contributed by atoms with E-state index in [0.29, 0.717) is 25.8 Å². The molecule has 2 aliphatic rings. The molecule has 2 aliphatic heterocycles. The predicted molar refractivity (Wildman–Crippen MR) is 170 cm³/mol. The quantitative estimate of drug-likeness (QED) is 0.207. The molecule has 0 saturated carbocycles. The van der Waals surface area contributed by atoms with Crippen molar-refractivity contribution >= 4 is 11.9 Å². The van der Waals surface area contributed by atoms with Crippen LogP contribution >= 0.6 is 0 Å². The van der Waals surface area contributed by atoms with Crippen LogP contribution in [-0.2, 0) is 37.0 Å². The molecule has 9 heteroatoms. The Balaban J connectivity index is 1.21. The van der Waals surface area contributed by atoms with E-state index in [0.717, 1.165) is 79.1 Å². The lowest BCUT2D eigenvalue weighted by Gasteiger charge is -2.39. The van der Waals surface area contributed by atoms with Gasteiger partial charge in [-0.3, -0.25) is 14.5 Å². The largest absolute Gasteiger partial charge is 0.481 e. The van der Waals surface area contributed by atoms with Crippen LogP contribution in [0.2, 0.25) is 0 Å². The minimum atomic E-state index is -0.798. The number of rotatable bonds is 14. The Morgan fingerprint density at radius 3 is 2.29 bits per heavy atom. The Bertz CT molecular complexity index is 1370. The molecule has 1 amide bonds. The summed E-state index contributed by atoms with van der Waals surface area (Å²) in [6.45, 7) is 4.54. The maximum Gasteiger partial charge on any atom is 0.303 e. The first-order valence-electron chi connectivity index (χ1n) is 16.0. The fraction of sp³-hybridized carbons (Fsp3) is 0.444. The molecule has 2 fully saturated rings. The van der Waals surface area contributed by atoms with E-state index < -0.39 is 12.3 Å². The molecule has 3 atom stereocenters. The summed E-state index contributed by atoms with van der Waals surface area (Å²) >= 11 is 0. The van der Waals surface area contributed by atoms with Crippen molar-refractivity contribution in [3.05, 3.63) is 95.1 Å². The molecule has 0 aromatic heterocycles. The third-order valence-electron chi connectivity index (χ3n) is 8.41. The summed E-state index contributed by atoms with van der Waals surface area (Å²) in [5.74, 6) is -0.824. The molecule has 240 valence electrons. The van der Waals surface area contributed by atoms with Gasteiger partial charge in [0.15, 0.2) is 6.29 Å². The van der Waals surface area contributed by atoms with Crippen LogP contribution in [0.1, 0.15) is 73.2 Å². The standard InChI is InChI=1S/C36H44N2O7/c39-25-26-9-11-29(12-10-26)33-22-32(24-38-17-19-43-20-18-38)44-36(45-33)30-15-13-28(14-16-30)31-6-4-5-27(21-31)23-37-34(40)7-2-1-3-8-35(41)42/h4-6,9-16,21,32-33,36,39H,1-3,7-8,17-20,22-25H2,(H,37,40)(H,41,42). The van der Waals surface area contributed by atoms with Gasteiger partial charge in [-0.25, -0.2) is 0 Å². The Hall–Kier alpha value is -3.60. The lowest BCUT2D eigenvalue weighted by atomic mass is 9.99. The number of hydrogen-bond donors (Lipinski definition) is 3. The van der Waals surface area contributed by atoms with E-state index >= 15 is 0 Å². The average Bonchev–Trinajstić information content (AvgIpc) is 3.07. The SMILES string of the molecule is O=C(O)CCCCCC(=O)NCc1cccc(-c2ccc(C3OC(CN4CCOCC4)CC(c4ccc(CO)cc4)O3)cc2)c1.